The van der Waals surface area contributed by atoms with Crippen LogP contribution in [-0.4, -0.2) is 22.1 Å². The lowest BCUT2D eigenvalue weighted by atomic mass is 10.0. The van der Waals surface area contributed by atoms with Crippen LogP contribution in [0.4, 0.5) is 5.82 Å². The van der Waals surface area contributed by atoms with Crippen molar-refractivity contribution < 1.29 is 4.74 Å². The summed E-state index contributed by atoms with van der Waals surface area (Å²) >= 11 is 0. The van der Waals surface area contributed by atoms with Crippen molar-refractivity contribution in [1.82, 2.24) is 15.0 Å². The molecule has 5 nitrogen and oxygen atoms in total. The number of nitrogens with one attached hydrogen (secondary N) is 1. The van der Waals surface area contributed by atoms with E-state index in [0.29, 0.717) is 0 Å². The summed E-state index contributed by atoms with van der Waals surface area (Å²) in [6, 6.07) is 10.6. The number of hydrogen-bond acceptors (Lipinski definition) is 5. The van der Waals surface area contributed by atoms with Gasteiger partial charge in [-0.25, -0.2) is 9.97 Å². The minimum atomic E-state index is 0.103. The van der Waals surface area contributed by atoms with Crippen molar-refractivity contribution in [3.05, 3.63) is 64.7 Å². The molecule has 0 radical (unpaired) electrons. The van der Waals surface area contributed by atoms with Crippen molar-refractivity contribution in [3.63, 3.8) is 0 Å². The Balaban J connectivity index is 1.77. The number of ether oxygens (including phenoxy) is 1. The van der Waals surface area contributed by atoms with Gasteiger partial charge in [0, 0.05) is 11.8 Å². The molecule has 0 fully saturated rings. The molecule has 1 unspecified atom stereocenters. The Morgan fingerprint density at radius 3 is 2.42 bits per heavy atom. The zero-order valence-electron chi connectivity index (χ0n) is 19.0. The Labute approximate surface area is 185 Å². The van der Waals surface area contributed by atoms with Gasteiger partial charge in [-0.05, 0) is 73.9 Å². The molecule has 1 aliphatic rings. The predicted molar refractivity (Wildman–Crippen MR) is 126 cm³/mol. The first kappa shape index (κ1) is 21.3. The number of hydrogen-bond donors (Lipinski definition) is 1. The molecule has 1 aromatic carbocycles. The van der Waals surface area contributed by atoms with Crippen LogP contribution in [0.2, 0.25) is 0 Å². The number of aromatic nitrogens is 3. The molecule has 1 N–H and O–H groups in total. The molecule has 0 amide bonds. The highest BCUT2D eigenvalue weighted by Crippen LogP contribution is 2.37. The van der Waals surface area contributed by atoms with E-state index in [1.54, 1.807) is 7.11 Å². The van der Waals surface area contributed by atoms with Crippen molar-refractivity contribution in [3.8, 4) is 17.0 Å². The Kier molecular flexibility index (Phi) is 6.50. The summed E-state index contributed by atoms with van der Waals surface area (Å²) in [5.74, 6) is 1.76. The predicted octanol–water partition coefficient (Wildman–Crippen LogP) is 5.72. The fourth-order valence-electron chi connectivity index (χ4n) is 4.42. The van der Waals surface area contributed by atoms with Crippen LogP contribution in [0, 0.1) is 0 Å². The minimum absolute atomic E-state index is 0.103. The maximum atomic E-state index is 5.78. The first-order valence-corrected chi connectivity index (χ1v) is 11.5. The lowest BCUT2D eigenvalue weighted by molar-refractivity contribution is 0.415. The number of aryl methyl sites for hydroxylation is 4. The molecule has 0 bridgehead atoms. The number of methoxy groups -OCH3 is 1. The van der Waals surface area contributed by atoms with E-state index in [-0.39, 0.29) is 6.04 Å². The molecule has 0 spiro atoms. The number of pyridine rings is 1. The van der Waals surface area contributed by atoms with Crippen LogP contribution in [-0.2, 0) is 25.7 Å². The molecule has 2 heterocycles. The van der Waals surface area contributed by atoms with Crippen LogP contribution >= 0.6 is 0 Å². The highest BCUT2D eigenvalue weighted by Gasteiger charge is 2.22. The van der Waals surface area contributed by atoms with Gasteiger partial charge in [0.2, 0.25) is 0 Å². The van der Waals surface area contributed by atoms with Crippen LogP contribution in [0.25, 0.3) is 11.3 Å². The van der Waals surface area contributed by atoms with Crippen LogP contribution < -0.4 is 10.1 Å². The summed E-state index contributed by atoms with van der Waals surface area (Å²) in [6.45, 7) is 6.43. The Hall–Kier alpha value is -2.95. The van der Waals surface area contributed by atoms with Crippen molar-refractivity contribution in [1.29, 1.82) is 0 Å². The third kappa shape index (κ3) is 4.27. The summed E-state index contributed by atoms with van der Waals surface area (Å²) < 4.78 is 5.78. The van der Waals surface area contributed by atoms with E-state index in [2.05, 4.69) is 49.3 Å². The maximum absolute atomic E-state index is 5.78. The topological polar surface area (TPSA) is 59.9 Å². The summed E-state index contributed by atoms with van der Waals surface area (Å²) in [7, 11) is 1.74. The van der Waals surface area contributed by atoms with E-state index in [1.165, 1.54) is 17.5 Å². The molecular weight excluding hydrogens is 384 g/mol. The molecule has 0 saturated carbocycles. The average Bonchev–Trinajstić information content (AvgIpc) is 3.29. The van der Waals surface area contributed by atoms with Gasteiger partial charge in [-0.1, -0.05) is 26.8 Å². The molecular formula is C26H32N4O. The van der Waals surface area contributed by atoms with Crippen molar-refractivity contribution in [2.45, 2.75) is 65.3 Å². The second kappa shape index (κ2) is 9.46. The molecule has 3 aromatic rings. The normalized spacial score (nSPS) is 13.7. The second-order valence-corrected chi connectivity index (χ2v) is 8.06. The zero-order valence-corrected chi connectivity index (χ0v) is 19.0. The van der Waals surface area contributed by atoms with Gasteiger partial charge >= 0.3 is 0 Å². The molecule has 4 rings (SSSR count). The van der Waals surface area contributed by atoms with Crippen molar-refractivity contribution >= 4 is 5.82 Å². The van der Waals surface area contributed by atoms with E-state index in [9.17, 15) is 0 Å². The SMILES string of the molecule is CCc1nc(-c2cc3c(cc2OC)CCC3)c(CC)nc1NC(CC)c1ccccn1. The van der Waals surface area contributed by atoms with Crippen molar-refractivity contribution in [2.24, 2.45) is 0 Å². The summed E-state index contributed by atoms with van der Waals surface area (Å²) in [6.07, 6.45) is 7.84. The van der Waals surface area contributed by atoms with Gasteiger partial charge < -0.3 is 10.1 Å². The minimum Gasteiger partial charge on any atom is -0.496 e. The second-order valence-electron chi connectivity index (χ2n) is 8.06. The van der Waals surface area contributed by atoms with E-state index < -0.39 is 0 Å². The molecule has 5 heteroatoms. The van der Waals surface area contributed by atoms with Gasteiger partial charge in [-0.3, -0.25) is 4.98 Å². The van der Waals surface area contributed by atoms with E-state index >= 15 is 0 Å². The molecule has 162 valence electrons. The number of fused-ring (bicyclic) bond motifs is 1. The van der Waals surface area contributed by atoms with Crippen LogP contribution in [0.1, 0.15) is 67.9 Å². The fourth-order valence-corrected chi connectivity index (χ4v) is 4.42. The van der Waals surface area contributed by atoms with Gasteiger partial charge in [-0.2, -0.15) is 0 Å². The third-order valence-electron chi connectivity index (χ3n) is 6.14. The lowest BCUT2D eigenvalue weighted by Gasteiger charge is -2.21. The Morgan fingerprint density at radius 2 is 1.77 bits per heavy atom. The lowest BCUT2D eigenvalue weighted by Crippen LogP contribution is -2.16. The first-order chi connectivity index (χ1) is 15.2. The standard InChI is InChI=1S/C26H32N4O/c1-5-20(23-13-8-9-14-27-23)29-26-22(7-3)28-25(21(6-2)30-26)19-15-17-11-10-12-18(17)16-24(19)31-4/h8-9,13-16,20H,5-7,10-12H2,1-4H3,(H,29,30). The molecule has 31 heavy (non-hydrogen) atoms. The summed E-state index contributed by atoms with van der Waals surface area (Å²) in [4.78, 5) is 14.7. The molecule has 0 saturated heterocycles. The Bertz CT molecular complexity index is 1050. The van der Waals surface area contributed by atoms with Gasteiger partial charge in [0.15, 0.2) is 0 Å². The smallest absolute Gasteiger partial charge is 0.148 e. The zero-order chi connectivity index (χ0) is 21.8. The highest BCUT2D eigenvalue weighted by molar-refractivity contribution is 5.72. The van der Waals surface area contributed by atoms with E-state index in [4.69, 9.17) is 14.7 Å². The average molecular weight is 417 g/mol. The molecule has 0 aliphatic heterocycles. The van der Waals surface area contributed by atoms with Gasteiger partial charge in [0.25, 0.3) is 0 Å². The van der Waals surface area contributed by atoms with Crippen LogP contribution in [0.5, 0.6) is 5.75 Å². The number of rotatable bonds is 8. The van der Waals surface area contributed by atoms with Crippen molar-refractivity contribution in [2.75, 3.05) is 12.4 Å². The number of nitrogens with zero attached hydrogens (tertiary/aromatic N) is 3. The largest absolute Gasteiger partial charge is 0.496 e. The van der Waals surface area contributed by atoms with Gasteiger partial charge in [-0.15, -0.1) is 0 Å². The highest BCUT2D eigenvalue weighted by atomic mass is 16.5. The maximum Gasteiger partial charge on any atom is 0.148 e. The van der Waals surface area contributed by atoms with Gasteiger partial charge in [0.05, 0.1) is 35.9 Å². The molecule has 2 aromatic heterocycles. The fraction of sp³-hybridized carbons (Fsp3) is 0.423. The van der Waals surface area contributed by atoms with Gasteiger partial charge in [0.1, 0.15) is 11.6 Å². The quantitative estimate of drug-likeness (QED) is 0.509. The van der Waals surface area contributed by atoms with E-state index in [0.717, 1.165) is 72.0 Å². The first-order valence-electron chi connectivity index (χ1n) is 11.5. The summed E-state index contributed by atoms with van der Waals surface area (Å²) in [5.41, 5.74) is 7.82. The number of anilines is 1. The third-order valence-corrected chi connectivity index (χ3v) is 6.14. The molecule has 1 atom stereocenters. The van der Waals surface area contributed by atoms with Crippen LogP contribution in [0.3, 0.4) is 0 Å². The van der Waals surface area contributed by atoms with Crippen LogP contribution in [0.15, 0.2) is 36.5 Å². The monoisotopic (exact) mass is 416 g/mol. The molecule has 1 aliphatic carbocycles. The number of benzene rings is 1. The van der Waals surface area contributed by atoms with E-state index in [1.807, 2.05) is 18.3 Å². The summed E-state index contributed by atoms with van der Waals surface area (Å²) in [5, 5.41) is 3.62. The Morgan fingerprint density at radius 1 is 1.00 bits per heavy atom.